The average Bonchev–Trinajstić information content (AvgIpc) is 2.34. The summed E-state index contributed by atoms with van der Waals surface area (Å²) in [5.41, 5.74) is 0.936. The Kier molecular flexibility index (Phi) is 6.30. The molecule has 0 radical (unpaired) electrons. The molecule has 0 spiro atoms. The van der Waals surface area contributed by atoms with Crippen LogP contribution in [0, 0.1) is 13.7 Å². The van der Waals surface area contributed by atoms with Gasteiger partial charge in [-0.2, -0.15) is 0 Å². The quantitative estimate of drug-likeness (QED) is 0.451. The van der Waals surface area contributed by atoms with Crippen LogP contribution in [-0.4, -0.2) is 43.4 Å². The van der Waals surface area contributed by atoms with Gasteiger partial charge >= 0.3 is 0 Å². The molecule has 100 valence electrons. The van der Waals surface area contributed by atoms with Gasteiger partial charge in [-0.05, 0) is 28.7 Å². The van der Waals surface area contributed by atoms with Crippen LogP contribution < -0.4 is 4.90 Å². The van der Waals surface area contributed by atoms with Crippen molar-refractivity contribution in [1.29, 1.82) is 0 Å². The first-order chi connectivity index (χ1) is 8.60. The van der Waals surface area contributed by atoms with E-state index in [0.717, 1.165) is 9.26 Å². The largest absolute Gasteiger partial charge is 0.395 e. The molecule has 1 aromatic rings. The van der Waals surface area contributed by atoms with E-state index in [4.69, 9.17) is 9.84 Å². The van der Waals surface area contributed by atoms with Crippen molar-refractivity contribution in [1.82, 2.24) is 0 Å². The van der Waals surface area contributed by atoms with Crippen LogP contribution in [0.4, 0.5) is 11.4 Å². The van der Waals surface area contributed by atoms with E-state index in [9.17, 15) is 10.1 Å². The average molecular weight is 366 g/mol. The van der Waals surface area contributed by atoms with Crippen molar-refractivity contribution in [2.24, 2.45) is 0 Å². The summed E-state index contributed by atoms with van der Waals surface area (Å²) in [6.07, 6.45) is 0. The fourth-order valence-corrected chi connectivity index (χ4v) is 2.38. The number of hydrogen-bond acceptors (Lipinski definition) is 5. The molecule has 0 fully saturated rings. The molecular formula is C11H15IN2O4. The van der Waals surface area contributed by atoms with E-state index in [1.807, 2.05) is 4.90 Å². The van der Waals surface area contributed by atoms with Crippen molar-refractivity contribution >= 4 is 34.0 Å². The van der Waals surface area contributed by atoms with Crippen molar-refractivity contribution < 1.29 is 14.8 Å². The number of nitro groups is 1. The predicted molar refractivity (Wildman–Crippen MR) is 77.0 cm³/mol. The van der Waals surface area contributed by atoms with Crippen molar-refractivity contribution in [2.75, 3.05) is 38.3 Å². The maximum atomic E-state index is 10.7. The van der Waals surface area contributed by atoms with E-state index in [1.165, 1.54) is 12.1 Å². The highest BCUT2D eigenvalue weighted by molar-refractivity contribution is 14.1. The number of aliphatic hydroxyl groups is 1. The zero-order valence-corrected chi connectivity index (χ0v) is 12.2. The van der Waals surface area contributed by atoms with Crippen molar-refractivity contribution in [3.8, 4) is 0 Å². The Balaban J connectivity index is 2.93. The number of anilines is 1. The number of aliphatic hydroxyl groups excluding tert-OH is 1. The number of nitro benzene ring substituents is 1. The second-order valence-corrected chi connectivity index (χ2v) is 4.76. The Bertz CT molecular complexity index is 414. The zero-order valence-electron chi connectivity index (χ0n) is 10.0. The van der Waals surface area contributed by atoms with E-state index in [0.29, 0.717) is 19.7 Å². The van der Waals surface area contributed by atoms with Gasteiger partial charge in [0.05, 0.1) is 23.8 Å². The molecule has 0 aliphatic rings. The Morgan fingerprint density at radius 3 is 2.72 bits per heavy atom. The Morgan fingerprint density at radius 2 is 2.22 bits per heavy atom. The highest BCUT2D eigenvalue weighted by Crippen LogP contribution is 2.26. The molecule has 0 amide bonds. The van der Waals surface area contributed by atoms with E-state index in [1.54, 1.807) is 13.2 Å². The molecular weight excluding hydrogens is 351 g/mol. The van der Waals surface area contributed by atoms with Crippen LogP contribution in [-0.2, 0) is 4.74 Å². The third kappa shape index (κ3) is 4.07. The van der Waals surface area contributed by atoms with Gasteiger partial charge in [0.1, 0.15) is 0 Å². The SMILES string of the molecule is COCCN(CCO)c1ccc([N+](=O)[O-])cc1I. The second kappa shape index (κ2) is 7.49. The Morgan fingerprint density at radius 1 is 1.50 bits per heavy atom. The molecule has 0 saturated heterocycles. The van der Waals surface area contributed by atoms with Gasteiger partial charge in [-0.3, -0.25) is 10.1 Å². The van der Waals surface area contributed by atoms with Gasteiger partial charge in [-0.1, -0.05) is 0 Å². The maximum absolute atomic E-state index is 10.7. The molecule has 0 aliphatic carbocycles. The smallest absolute Gasteiger partial charge is 0.270 e. The van der Waals surface area contributed by atoms with E-state index < -0.39 is 4.92 Å². The molecule has 0 aromatic heterocycles. The predicted octanol–water partition coefficient (Wildman–Crippen LogP) is 1.64. The standard InChI is InChI=1S/C11H15IN2O4/c1-18-7-5-13(4-6-15)11-3-2-9(14(16)17)8-10(11)12/h2-3,8,15H,4-7H2,1H3. The van der Waals surface area contributed by atoms with Crippen LogP contribution in [0.3, 0.4) is 0 Å². The number of benzene rings is 1. The number of halogens is 1. The molecule has 0 aliphatic heterocycles. The minimum absolute atomic E-state index is 0.0246. The van der Waals surface area contributed by atoms with Gasteiger partial charge in [0, 0.05) is 35.9 Å². The monoisotopic (exact) mass is 366 g/mol. The molecule has 0 saturated carbocycles. The third-order valence-electron chi connectivity index (χ3n) is 2.42. The molecule has 1 N–H and O–H groups in total. The van der Waals surface area contributed by atoms with Crippen LogP contribution in [0.1, 0.15) is 0 Å². The molecule has 7 heteroatoms. The summed E-state index contributed by atoms with van der Waals surface area (Å²) in [7, 11) is 1.61. The molecule has 1 rings (SSSR count). The van der Waals surface area contributed by atoms with Gasteiger partial charge < -0.3 is 14.7 Å². The number of ether oxygens (including phenoxy) is 1. The molecule has 0 unspecified atom stereocenters. The Hall–Kier alpha value is -0.930. The second-order valence-electron chi connectivity index (χ2n) is 3.60. The summed E-state index contributed by atoms with van der Waals surface area (Å²) in [6.45, 7) is 1.66. The number of non-ortho nitro benzene ring substituents is 1. The van der Waals surface area contributed by atoms with Gasteiger partial charge in [-0.15, -0.1) is 0 Å². The number of hydrogen-bond donors (Lipinski definition) is 1. The van der Waals surface area contributed by atoms with Crippen LogP contribution in [0.5, 0.6) is 0 Å². The lowest BCUT2D eigenvalue weighted by Crippen LogP contribution is -2.30. The summed E-state index contributed by atoms with van der Waals surface area (Å²) >= 11 is 2.06. The number of nitrogens with zero attached hydrogens (tertiary/aromatic N) is 2. The van der Waals surface area contributed by atoms with Gasteiger partial charge in [-0.25, -0.2) is 0 Å². The summed E-state index contributed by atoms with van der Waals surface area (Å²) in [5.74, 6) is 0. The fraction of sp³-hybridized carbons (Fsp3) is 0.455. The molecule has 0 atom stereocenters. The van der Waals surface area contributed by atoms with Gasteiger partial charge in [0.15, 0.2) is 0 Å². The third-order valence-corrected chi connectivity index (χ3v) is 3.28. The highest BCUT2D eigenvalue weighted by Gasteiger charge is 2.13. The highest BCUT2D eigenvalue weighted by atomic mass is 127. The van der Waals surface area contributed by atoms with Crippen LogP contribution in [0.2, 0.25) is 0 Å². The van der Waals surface area contributed by atoms with Crippen molar-refractivity contribution in [3.63, 3.8) is 0 Å². The number of methoxy groups -OCH3 is 1. The zero-order chi connectivity index (χ0) is 13.5. The minimum Gasteiger partial charge on any atom is -0.395 e. The normalized spacial score (nSPS) is 10.4. The van der Waals surface area contributed by atoms with E-state index >= 15 is 0 Å². The first kappa shape index (κ1) is 15.1. The van der Waals surface area contributed by atoms with Crippen LogP contribution in [0.15, 0.2) is 18.2 Å². The maximum Gasteiger partial charge on any atom is 0.270 e. The molecule has 6 nitrogen and oxygen atoms in total. The summed E-state index contributed by atoms with van der Waals surface area (Å²) < 4.78 is 5.79. The van der Waals surface area contributed by atoms with Crippen molar-refractivity contribution in [3.05, 3.63) is 31.9 Å². The van der Waals surface area contributed by atoms with E-state index in [2.05, 4.69) is 22.6 Å². The Labute approximate surface area is 119 Å². The summed E-state index contributed by atoms with van der Waals surface area (Å²) in [4.78, 5) is 12.2. The van der Waals surface area contributed by atoms with E-state index in [-0.39, 0.29) is 12.3 Å². The lowest BCUT2D eigenvalue weighted by atomic mass is 10.2. The van der Waals surface area contributed by atoms with Crippen LogP contribution in [0.25, 0.3) is 0 Å². The molecule has 0 bridgehead atoms. The molecule has 0 heterocycles. The number of rotatable bonds is 7. The summed E-state index contributed by atoms with van der Waals surface area (Å²) in [6, 6.07) is 4.69. The summed E-state index contributed by atoms with van der Waals surface area (Å²) in [5, 5.41) is 19.7. The van der Waals surface area contributed by atoms with Gasteiger partial charge in [0.25, 0.3) is 5.69 Å². The van der Waals surface area contributed by atoms with Gasteiger partial charge in [0.2, 0.25) is 0 Å². The topological polar surface area (TPSA) is 75.8 Å². The minimum atomic E-state index is -0.419. The first-order valence-electron chi connectivity index (χ1n) is 5.38. The fourth-order valence-electron chi connectivity index (χ4n) is 1.54. The molecule has 1 aromatic carbocycles. The lowest BCUT2D eigenvalue weighted by molar-refractivity contribution is -0.384. The van der Waals surface area contributed by atoms with Crippen molar-refractivity contribution in [2.45, 2.75) is 0 Å². The molecule has 18 heavy (non-hydrogen) atoms. The first-order valence-corrected chi connectivity index (χ1v) is 6.46. The van der Waals surface area contributed by atoms with Crippen LogP contribution >= 0.6 is 22.6 Å². The lowest BCUT2D eigenvalue weighted by Gasteiger charge is -2.24.